The van der Waals surface area contributed by atoms with Gasteiger partial charge in [-0.25, -0.2) is 0 Å². The lowest BCUT2D eigenvalue weighted by atomic mass is 9.96. The minimum absolute atomic E-state index is 0.117. The summed E-state index contributed by atoms with van der Waals surface area (Å²) in [5, 5.41) is 4.04. The van der Waals surface area contributed by atoms with Gasteiger partial charge in [0.1, 0.15) is 0 Å². The fourth-order valence-corrected chi connectivity index (χ4v) is 3.40. The standard InChI is InChI=1S/C21H29N3O2/c1-15-10-12-16(13-11-15)17-7-6-14-24(17)19(25)9-5-8-18-22-20(23-26-18)21(2,3)4/h10-13,17H,5-9,14H2,1-4H3. The highest BCUT2D eigenvalue weighted by molar-refractivity contribution is 5.77. The van der Waals surface area contributed by atoms with E-state index in [2.05, 4.69) is 62.1 Å². The van der Waals surface area contributed by atoms with Crippen LogP contribution < -0.4 is 0 Å². The Morgan fingerprint density at radius 1 is 1.27 bits per heavy atom. The average molecular weight is 355 g/mol. The zero-order valence-corrected chi connectivity index (χ0v) is 16.3. The fraction of sp³-hybridized carbons (Fsp3) is 0.571. The van der Waals surface area contributed by atoms with Crippen LogP contribution >= 0.6 is 0 Å². The van der Waals surface area contributed by atoms with Gasteiger partial charge >= 0.3 is 0 Å². The number of rotatable bonds is 5. The van der Waals surface area contributed by atoms with E-state index < -0.39 is 0 Å². The van der Waals surface area contributed by atoms with E-state index in [9.17, 15) is 4.79 Å². The van der Waals surface area contributed by atoms with Crippen molar-refractivity contribution < 1.29 is 9.32 Å². The topological polar surface area (TPSA) is 59.2 Å². The molecule has 26 heavy (non-hydrogen) atoms. The number of benzene rings is 1. The molecule has 2 aromatic rings. The first-order chi connectivity index (χ1) is 12.3. The van der Waals surface area contributed by atoms with Gasteiger partial charge in [-0.2, -0.15) is 4.98 Å². The van der Waals surface area contributed by atoms with Gasteiger partial charge in [-0.3, -0.25) is 4.79 Å². The molecule has 5 heteroatoms. The van der Waals surface area contributed by atoms with E-state index in [1.165, 1.54) is 11.1 Å². The molecule has 1 aromatic carbocycles. The molecule has 0 saturated carbocycles. The molecular formula is C21H29N3O2. The summed E-state index contributed by atoms with van der Waals surface area (Å²) in [5.41, 5.74) is 2.38. The summed E-state index contributed by atoms with van der Waals surface area (Å²) < 4.78 is 5.31. The third kappa shape index (κ3) is 4.32. The van der Waals surface area contributed by atoms with Crippen molar-refractivity contribution >= 4 is 5.91 Å². The Bertz CT molecular complexity index is 743. The lowest BCUT2D eigenvalue weighted by Gasteiger charge is -2.25. The largest absolute Gasteiger partial charge is 0.339 e. The van der Waals surface area contributed by atoms with Crippen molar-refractivity contribution in [2.75, 3.05) is 6.54 Å². The van der Waals surface area contributed by atoms with Crippen molar-refractivity contribution in [3.05, 3.63) is 47.1 Å². The third-order valence-electron chi connectivity index (χ3n) is 4.96. The van der Waals surface area contributed by atoms with Crippen molar-refractivity contribution in [3.8, 4) is 0 Å². The molecule has 1 aliphatic rings. The first-order valence-electron chi connectivity index (χ1n) is 9.54. The number of aryl methyl sites for hydroxylation is 2. The second kappa shape index (κ2) is 7.60. The van der Waals surface area contributed by atoms with Crippen LogP contribution in [0.4, 0.5) is 0 Å². The zero-order valence-electron chi connectivity index (χ0n) is 16.3. The number of amides is 1. The number of likely N-dealkylation sites (tertiary alicyclic amines) is 1. The summed E-state index contributed by atoms with van der Waals surface area (Å²) in [6.45, 7) is 9.12. The highest BCUT2D eigenvalue weighted by Crippen LogP contribution is 2.32. The molecule has 0 radical (unpaired) electrons. The van der Waals surface area contributed by atoms with E-state index >= 15 is 0 Å². The molecule has 1 atom stereocenters. The second-order valence-electron chi connectivity index (χ2n) is 8.27. The number of hydrogen-bond acceptors (Lipinski definition) is 4. The lowest BCUT2D eigenvalue weighted by Crippen LogP contribution is -2.30. The van der Waals surface area contributed by atoms with Crippen LogP contribution in [-0.2, 0) is 16.6 Å². The SMILES string of the molecule is Cc1ccc(C2CCCN2C(=O)CCCc2nc(C(C)(C)C)no2)cc1. The lowest BCUT2D eigenvalue weighted by molar-refractivity contribution is -0.132. The van der Waals surface area contributed by atoms with Crippen molar-refractivity contribution in [2.24, 2.45) is 0 Å². The Morgan fingerprint density at radius 2 is 2.00 bits per heavy atom. The zero-order chi connectivity index (χ0) is 18.7. The molecule has 0 bridgehead atoms. The van der Waals surface area contributed by atoms with Crippen LogP contribution in [0.3, 0.4) is 0 Å². The molecule has 1 saturated heterocycles. The van der Waals surface area contributed by atoms with Crippen LogP contribution in [-0.4, -0.2) is 27.5 Å². The monoisotopic (exact) mass is 355 g/mol. The normalized spacial score (nSPS) is 17.7. The van der Waals surface area contributed by atoms with Gasteiger partial charge in [0.25, 0.3) is 0 Å². The molecule has 1 amide bonds. The molecule has 1 unspecified atom stereocenters. The Hall–Kier alpha value is -2.17. The van der Waals surface area contributed by atoms with Gasteiger partial charge in [-0.15, -0.1) is 0 Å². The van der Waals surface area contributed by atoms with Crippen molar-refractivity contribution in [2.45, 2.75) is 71.3 Å². The Morgan fingerprint density at radius 3 is 2.65 bits per heavy atom. The first-order valence-corrected chi connectivity index (χ1v) is 9.54. The summed E-state index contributed by atoms with van der Waals surface area (Å²) >= 11 is 0. The van der Waals surface area contributed by atoms with E-state index in [0.29, 0.717) is 18.7 Å². The summed E-state index contributed by atoms with van der Waals surface area (Å²) in [4.78, 5) is 19.2. The van der Waals surface area contributed by atoms with E-state index in [4.69, 9.17) is 4.52 Å². The van der Waals surface area contributed by atoms with Gasteiger partial charge in [0, 0.05) is 24.8 Å². The average Bonchev–Trinajstić information content (AvgIpc) is 3.24. The maximum atomic E-state index is 12.7. The molecule has 5 nitrogen and oxygen atoms in total. The number of carbonyl (C=O) groups is 1. The molecule has 1 aliphatic heterocycles. The van der Waals surface area contributed by atoms with Gasteiger partial charge in [0.15, 0.2) is 5.82 Å². The van der Waals surface area contributed by atoms with Crippen LogP contribution in [0.25, 0.3) is 0 Å². The molecule has 0 spiro atoms. The van der Waals surface area contributed by atoms with E-state index in [0.717, 1.165) is 31.6 Å². The molecular weight excluding hydrogens is 326 g/mol. The molecule has 3 rings (SSSR count). The van der Waals surface area contributed by atoms with Crippen LogP contribution in [0.15, 0.2) is 28.8 Å². The summed E-state index contributed by atoms with van der Waals surface area (Å²) in [7, 11) is 0. The summed E-state index contributed by atoms with van der Waals surface area (Å²) in [6, 6.07) is 8.77. The van der Waals surface area contributed by atoms with E-state index in [1.807, 2.05) is 4.90 Å². The first kappa shape index (κ1) is 18.6. The van der Waals surface area contributed by atoms with E-state index in [1.54, 1.807) is 0 Å². The number of hydrogen-bond donors (Lipinski definition) is 0. The molecule has 140 valence electrons. The molecule has 1 fully saturated rings. The quantitative estimate of drug-likeness (QED) is 0.799. The fourth-order valence-electron chi connectivity index (χ4n) is 3.40. The Balaban J connectivity index is 1.54. The number of carbonyl (C=O) groups excluding carboxylic acids is 1. The number of nitrogens with zero attached hydrogens (tertiary/aromatic N) is 3. The minimum atomic E-state index is -0.117. The van der Waals surface area contributed by atoms with Crippen LogP contribution in [0, 0.1) is 6.92 Å². The molecule has 2 heterocycles. The maximum absolute atomic E-state index is 12.7. The van der Waals surface area contributed by atoms with Crippen LogP contribution in [0.5, 0.6) is 0 Å². The molecule has 0 aliphatic carbocycles. The van der Waals surface area contributed by atoms with Gasteiger partial charge in [0.2, 0.25) is 11.8 Å². The predicted octanol–water partition coefficient (Wildman–Crippen LogP) is 4.36. The van der Waals surface area contributed by atoms with Gasteiger partial charge in [0.05, 0.1) is 6.04 Å². The van der Waals surface area contributed by atoms with Crippen LogP contribution in [0.2, 0.25) is 0 Å². The highest BCUT2D eigenvalue weighted by Gasteiger charge is 2.29. The summed E-state index contributed by atoms with van der Waals surface area (Å²) in [6.07, 6.45) is 4.03. The van der Waals surface area contributed by atoms with Crippen LogP contribution in [0.1, 0.15) is 75.3 Å². The number of aromatic nitrogens is 2. The highest BCUT2D eigenvalue weighted by atomic mass is 16.5. The minimum Gasteiger partial charge on any atom is -0.339 e. The van der Waals surface area contributed by atoms with Crippen molar-refractivity contribution in [1.82, 2.24) is 15.0 Å². The maximum Gasteiger partial charge on any atom is 0.226 e. The molecule has 1 aromatic heterocycles. The smallest absolute Gasteiger partial charge is 0.226 e. The predicted molar refractivity (Wildman–Crippen MR) is 101 cm³/mol. The Kier molecular flexibility index (Phi) is 5.44. The van der Waals surface area contributed by atoms with Gasteiger partial charge in [-0.05, 0) is 31.7 Å². The van der Waals surface area contributed by atoms with Gasteiger partial charge < -0.3 is 9.42 Å². The van der Waals surface area contributed by atoms with Crippen molar-refractivity contribution in [1.29, 1.82) is 0 Å². The third-order valence-corrected chi connectivity index (χ3v) is 4.96. The summed E-state index contributed by atoms with van der Waals surface area (Å²) in [5.74, 6) is 1.57. The van der Waals surface area contributed by atoms with E-state index in [-0.39, 0.29) is 17.4 Å². The van der Waals surface area contributed by atoms with Gasteiger partial charge in [-0.1, -0.05) is 55.8 Å². The van der Waals surface area contributed by atoms with Crippen molar-refractivity contribution in [3.63, 3.8) is 0 Å². The second-order valence-corrected chi connectivity index (χ2v) is 8.27. The Labute approximate surface area is 155 Å². The molecule has 0 N–H and O–H groups in total.